The zero-order valence-electron chi connectivity index (χ0n) is 16.9. The van der Waals surface area contributed by atoms with Gasteiger partial charge in [-0.15, -0.1) is 0 Å². The van der Waals surface area contributed by atoms with Crippen molar-refractivity contribution in [1.29, 1.82) is 0 Å². The Morgan fingerprint density at radius 2 is 1.87 bits per heavy atom. The number of hydrogen-bond donors (Lipinski definition) is 1. The van der Waals surface area contributed by atoms with Gasteiger partial charge in [-0.25, -0.2) is 0 Å². The van der Waals surface area contributed by atoms with Gasteiger partial charge in [-0.2, -0.15) is 4.98 Å². The first-order valence-electron chi connectivity index (χ1n) is 9.87. The van der Waals surface area contributed by atoms with Crippen molar-refractivity contribution in [2.75, 3.05) is 11.1 Å². The third-order valence-corrected chi connectivity index (χ3v) is 6.02. The van der Waals surface area contributed by atoms with Crippen molar-refractivity contribution in [3.8, 4) is 5.75 Å². The van der Waals surface area contributed by atoms with Gasteiger partial charge in [-0.05, 0) is 29.0 Å². The van der Waals surface area contributed by atoms with Gasteiger partial charge in [0.1, 0.15) is 18.2 Å². The molecule has 1 aliphatic heterocycles. The van der Waals surface area contributed by atoms with E-state index in [1.54, 1.807) is 4.57 Å². The van der Waals surface area contributed by atoms with Crippen LogP contribution in [0.15, 0.2) is 64.5 Å². The maximum Gasteiger partial charge on any atom is 0.279 e. The van der Waals surface area contributed by atoms with Crippen molar-refractivity contribution in [3.05, 3.63) is 81.6 Å². The van der Waals surface area contributed by atoms with E-state index in [0.717, 1.165) is 22.6 Å². The smallest absolute Gasteiger partial charge is 0.279 e. The fourth-order valence-electron chi connectivity index (χ4n) is 3.62. The average molecular weight is 422 g/mol. The van der Waals surface area contributed by atoms with E-state index in [0.29, 0.717) is 23.1 Å². The lowest BCUT2D eigenvalue weighted by Gasteiger charge is -2.27. The number of fused-ring (bicyclic) bond motifs is 1. The molecule has 4 rings (SSSR count). The highest BCUT2D eigenvalue weighted by molar-refractivity contribution is 7.99. The standard InChI is InChI=1S/C23H23N3O3S/c1-3-30-23-25-22(28)20-18(13-19(27)24-21(20)26(23)2)16-9-11-17(12-10-16)29-14-15-7-5-4-6-8-15/h4-12,18H,3,13-14H2,1-2H3,(H,24,27). The Balaban J connectivity index is 1.61. The number of benzene rings is 2. The summed E-state index contributed by atoms with van der Waals surface area (Å²) >= 11 is 1.48. The molecule has 1 atom stereocenters. The number of nitrogens with zero attached hydrogens (tertiary/aromatic N) is 2. The van der Waals surface area contributed by atoms with Gasteiger partial charge in [-0.1, -0.05) is 61.2 Å². The van der Waals surface area contributed by atoms with Crippen LogP contribution in [0.5, 0.6) is 5.75 Å². The first-order chi connectivity index (χ1) is 14.6. The van der Waals surface area contributed by atoms with Gasteiger partial charge in [0.2, 0.25) is 5.91 Å². The molecule has 0 saturated heterocycles. The molecule has 0 saturated carbocycles. The lowest BCUT2D eigenvalue weighted by Crippen LogP contribution is -2.33. The van der Waals surface area contributed by atoms with Crippen molar-refractivity contribution < 1.29 is 9.53 Å². The summed E-state index contributed by atoms with van der Waals surface area (Å²) in [6, 6.07) is 17.5. The highest BCUT2D eigenvalue weighted by Crippen LogP contribution is 2.36. The molecule has 0 radical (unpaired) electrons. The van der Waals surface area contributed by atoms with Crippen molar-refractivity contribution in [3.63, 3.8) is 0 Å². The van der Waals surface area contributed by atoms with E-state index in [-0.39, 0.29) is 23.8 Å². The Morgan fingerprint density at radius 1 is 1.13 bits per heavy atom. The van der Waals surface area contributed by atoms with E-state index in [4.69, 9.17) is 4.74 Å². The highest BCUT2D eigenvalue weighted by Gasteiger charge is 2.32. The van der Waals surface area contributed by atoms with E-state index in [2.05, 4.69) is 10.3 Å². The molecule has 7 heteroatoms. The lowest BCUT2D eigenvalue weighted by atomic mass is 9.87. The number of amides is 1. The van der Waals surface area contributed by atoms with Crippen LogP contribution < -0.4 is 15.6 Å². The van der Waals surface area contributed by atoms with Crippen LogP contribution in [0.1, 0.15) is 36.0 Å². The number of carbonyl (C=O) groups excluding carboxylic acids is 1. The number of aromatic nitrogens is 2. The Labute approximate surface area is 179 Å². The zero-order chi connectivity index (χ0) is 21.1. The van der Waals surface area contributed by atoms with Gasteiger partial charge in [0.15, 0.2) is 5.16 Å². The zero-order valence-corrected chi connectivity index (χ0v) is 17.7. The number of nitrogens with one attached hydrogen (secondary N) is 1. The maximum atomic E-state index is 12.8. The summed E-state index contributed by atoms with van der Waals surface area (Å²) in [6.07, 6.45) is 0.217. The van der Waals surface area contributed by atoms with E-state index in [9.17, 15) is 9.59 Å². The number of rotatable bonds is 6. The van der Waals surface area contributed by atoms with Gasteiger partial charge in [0.05, 0.1) is 5.56 Å². The fourth-order valence-corrected chi connectivity index (χ4v) is 4.31. The second-order valence-corrected chi connectivity index (χ2v) is 8.33. The molecule has 2 heterocycles. The van der Waals surface area contributed by atoms with E-state index < -0.39 is 0 Å². The SMILES string of the molecule is CCSc1nc(=O)c2c(n1C)NC(=O)CC2c1ccc(OCc2ccccc2)cc1. The minimum Gasteiger partial charge on any atom is -0.489 e. The predicted octanol–water partition coefficient (Wildman–Crippen LogP) is 3.95. The Kier molecular flexibility index (Phi) is 5.90. The predicted molar refractivity (Wildman–Crippen MR) is 118 cm³/mol. The summed E-state index contributed by atoms with van der Waals surface area (Å²) in [7, 11) is 1.83. The lowest BCUT2D eigenvalue weighted by molar-refractivity contribution is -0.116. The molecule has 1 unspecified atom stereocenters. The van der Waals surface area contributed by atoms with E-state index in [1.165, 1.54) is 11.8 Å². The van der Waals surface area contributed by atoms with Crippen LogP contribution in [0.25, 0.3) is 0 Å². The normalized spacial score (nSPS) is 15.4. The monoisotopic (exact) mass is 421 g/mol. The third kappa shape index (κ3) is 4.11. The molecular weight excluding hydrogens is 398 g/mol. The second kappa shape index (κ2) is 8.75. The molecule has 0 spiro atoms. The fraction of sp³-hybridized carbons (Fsp3) is 0.261. The van der Waals surface area contributed by atoms with Crippen LogP contribution in [0.3, 0.4) is 0 Å². The second-order valence-electron chi connectivity index (χ2n) is 7.10. The van der Waals surface area contributed by atoms with Crippen LogP contribution >= 0.6 is 11.8 Å². The average Bonchev–Trinajstić information content (AvgIpc) is 2.76. The summed E-state index contributed by atoms with van der Waals surface area (Å²) in [4.78, 5) is 29.5. The molecule has 1 amide bonds. The van der Waals surface area contributed by atoms with Crippen molar-refractivity contribution in [2.24, 2.45) is 7.05 Å². The van der Waals surface area contributed by atoms with Crippen LogP contribution in [-0.4, -0.2) is 21.2 Å². The molecule has 1 aliphatic rings. The van der Waals surface area contributed by atoms with Crippen molar-refractivity contribution >= 4 is 23.5 Å². The molecule has 154 valence electrons. The molecule has 6 nitrogen and oxygen atoms in total. The Morgan fingerprint density at radius 3 is 2.57 bits per heavy atom. The number of hydrogen-bond acceptors (Lipinski definition) is 5. The van der Waals surface area contributed by atoms with E-state index in [1.807, 2.05) is 68.6 Å². The number of thioether (sulfide) groups is 1. The molecule has 0 fully saturated rings. The minimum absolute atomic E-state index is 0.106. The number of anilines is 1. The number of ether oxygens (including phenoxy) is 1. The van der Waals surface area contributed by atoms with Crippen LogP contribution in [0, 0.1) is 0 Å². The molecule has 1 N–H and O–H groups in total. The molecule has 0 bridgehead atoms. The summed E-state index contributed by atoms with van der Waals surface area (Å²) in [5, 5.41) is 3.47. The minimum atomic E-state index is -0.330. The van der Waals surface area contributed by atoms with Gasteiger partial charge < -0.3 is 14.6 Å². The summed E-state index contributed by atoms with van der Waals surface area (Å²) < 4.78 is 7.65. The third-order valence-electron chi connectivity index (χ3n) is 5.11. The van der Waals surface area contributed by atoms with Crippen molar-refractivity contribution in [1.82, 2.24) is 9.55 Å². The largest absolute Gasteiger partial charge is 0.489 e. The molecule has 3 aromatic rings. The van der Waals surface area contributed by atoms with Gasteiger partial charge in [0, 0.05) is 19.4 Å². The summed E-state index contributed by atoms with van der Waals surface area (Å²) in [5.74, 6) is 1.63. The molecule has 30 heavy (non-hydrogen) atoms. The first kappa shape index (κ1) is 20.2. The topological polar surface area (TPSA) is 73.2 Å². The van der Waals surface area contributed by atoms with Gasteiger partial charge >= 0.3 is 0 Å². The van der Waals surface area contributed by atoms with E-state index >= 15 is 0 Å². The maximum absolute atomic E-state index is 12.8. The van der Waals surface area contributed by atoms with Crippen LogP contribution in [-0.2, 0) is 18.4 Å². The summed E-state index contributed by atoms with van der Waals surface area (Å²) in [5.41, 5.74) is 2.24. The molecule has 2 aromatic carbocycles. The highest BCUT2D eigenvalue weighted by atomic mass is 32.2. The van der Waals surface area contributed by atoms with Gasteiger partial charge in [-0.3, -0.25) is 9.59 Å². The molecule has 0 aliphatic carbocycles. The van der Waals surface area contributed by atoms with Crippen molar-refractivity contribution in [2.45, 2.75) is 31.0 Å². The van der Waals surface area contributed by atoms with Gasteiger partial charge in [0.25, 0.3) is 5.56 Å². The Hall–Kier alpha value is -3.06. The number of carbonyl (C=O) groups is 1. The Bertz CT molecular complexity index is 1110. The van der Waals surface area contributed by atoms with Crippen LogP contribution in [0.2, 0.25) is 0 Å². The molecular formula is C23H23N3O3S. The van der Waals surface area contributed by atoms with Crippen LogP contribution in [0.4, 0.5) is 5.82 Å². The quantitative estimate of drug-likeness (QED) is 0.482. The first-order valence-corrected chi connectivity index (χ1v) is 10.9. The summed E-state index contributed by atoms with van der Waals surface area (Å²) in [6.45, 7) is 2.48. The molecule has 1 aromatic heterocycles.